The fourth-order valence-electron chi connectivity index (χ4n) is 9.96. The van der Waals surface area contributed by atoms with Crippen LogP contribution in [0.25, 0.3) is 0 Å². The highest BCUT2D eigenvalue weighted by atomic mass is 16.8. The van der Waals surface area contributed by atoms with Gasteiger partial charge in [0.1, 0.15) is 134 Å². The van der Waals surface area contributed by atoms with Crippen LogP contribution in [0, 0.1) is 0 Å². The van der Waals surface area contributed by atoms with Gasteiger partial charge in [0.15, 0.2) is 31.5 Å². The Morgan fingerprint density at radius 3 is 1.54 bits per heavy atom. The summed E-state index contributed by atoms with van der Waals surface area (Å²) in [4.78, 5) is 38.4. The lowest BCUT2D eigenvalue weighted by Gasteiger charge is -2.52. The second-order valence-electron chi connectivity index (χ2n) is 19.6. The van der Waals surface area contributed by atoms with Crippen LogP contribution in [0.15, 0.2) is 0 Å². The van der Waals surface area contributed by atoms with Gasteiger partial charge in [0.2, 0.25) is 11.8 Å². The highest BCUT2D eigenvalue weighted by molar-refractivity contribution is 5.76. The van der Waals surface area contributed by atoms with E-state index in [1.165, 1.54) is 6.92 Å². The molecular formula is C43H72N2O33. The van der Waals surface area contributed by atoms with Crippen molar-refractivity contribution in [3.8, 4) is 0 Å². The van der Waals surface area contributed by atoms with Crippen LogP contribution in [0.5, 0.6) is 0 Å². The number of aliphatic hydroxyl groups excluding tert-OH is 18. The first kappa shape index (κ1) is 64.4. The van der Waals surface area contributed by atoms with Gasteiger partial charge in [-0.1, -0.05) is 0 Å². The van der Waals surface area contributed by atoms with Crippen molar-refractivity contribution in [3.05, 3.63) is 0 Å². The summed E-state index contributed by atoms with van der Waals surface area (Å²) in [5, 5.41) is 209. The number of carbonyl (C=O) groups excluding carboxylic acids is 2. The summed E-state index contributed by atoms with van der Waals surface area (Å²) in [6.45, 7) is -2.35. The van der Waals surface area contributed by atoms with Crippen LogP contribution in [0.1, 0.15) is 27.2 Å². The Labute approximate surface area is 441 Å². The third-order valence-electron chi connectivity index (χ3n) is 14.2. The SMILES string of the molecule is CC(=O)N[C@H]1[C@H](O[C@H]2[C@@H](O)[C@@H](CO)O[C@@H](O[C@H]3[C@H](O)[C@@H](O)[C@H](O)O[C@@H]3CO)[C@@H]2O)O[C@H](CO)[C@@H](O[C@@H]2O[C@H](CO)[C@H](O)[C@H](O[C@]3(C(=O)O)C[C@H](O)[C@@H](NC(C)=O)[C@H]([C@H](O)[C@H](O)CO)O3)[C@H]2O)[C@@H]1O[C@H]1O[C@H](C)[C@H](O)[C@H](O)[C@H]1O. The third-order valence-corrected chi connectivity index (χ3v) is 14.2. The summed E-state index contributed by atoms with van der Waals surface area (Å²) in [7, 11) is 0. The number of carbonyl (C=O) groups is 3. The zero-order valence-corrected chi connectivity index (χ0v) is 41.8. The molecule has 21 N–H and O–H groups in total. The standard InChI is InChI=1S/C43H72N2O33/c1-10-21(55)25(59)28(62)39(68-10)75-34-20(45-12(3)52)38(76-35-23(57)15(6-47)70-40(29(35)63)73-31-17(8-49)69-37(65)27(61)26(31)60)72-18(9-50)32(34)74-41-30(64)36(24(58)16(7-48)71-41)78-43(42(66)67)4-13(53)19(44-11(2)51)33(77-43)22(56)14(54)5-46/h10,13-41,46-50,53-65H,4-9H2,1-3H3,(H,44,51)(H,45,52)(H,66,67)/t10-,13+,14-,15-,16-,17-,18-,19-,20-,21+,22-,23+,24+,25+,26-,27-,28-,29-,30-,31-,32-,33-,34-,35+,36+,37-,38+,39-,40+,41+,43+/m1/s1. The molecule has 452 valence electrons. The van der Waals surface area contributed by atoms with Crippen molar-refractivity contribution < 1.29 is 164 Å². The number of aliphatic carboxylic acids is 1. The van der Waals surface area contributed by atoms with E-state index < -0.39 is 247 Å². The predicted octanol–water partition coefficient (Wildman–Crippen LogP) is -13.6. The number of nitrogens with one attached hydrogen (secondary N) is 2. The van der Waals surface area contributed by atoms with Crippen molar-refractivity contribution in [1.82, 2.24) is 10.6 Å². The van der Waals surface area contributed by atoms with Gasteiger partial charge >= 0.3 is 5.97 Å². The van der Waals surface area contributed by atoms with E-state index in [9.17, 15) is 111 Å². The van der Waals surface area contributed by atoms with E-state index in [2.05, 4.69) is 10.6 Å². The molecule has 6 aliphatic heterocycles. The second-order valence-corrected chi connectivity index (χ2v) is 19.6. The Kier molecular flexibility index (Phi) is 22.4. The molecule has 0 unspecified atom stereocenters. The Hall–Kier alpha value is -2.75. The van der Waals surface area contributed by atoms with Crippen molar-refractivity contribution in [2.75, 3.05) is 33.0 Å². The van der Waals surface area contributed by atoms with Crippen molar-refractivity contribution >= 4 is 17.8 Å². The number of ether oxygens (including phenoxy) is 11. The molecule has 0 radical (unpaired) electrons. The normalized spacial score (nSPS) is 48.1. The fraction of sp³-hybridized carbons (Fsp3) is 0.930. The molecule has 0 aromatic heterocycles. The summed E-state index contributed by atoms with van der Waals surface area (Å²) in [6.07, 6.45) is -58.2. The van der Waals surface area contributed by atoms with Crippen LogP contribution < -0.4 is 10.6 Å². The molecule has 6 heterocycles. The minimum Gasteiger partial charge on any atom is -0.477 e. The zero-order valence-electron chi connectivity index (χ0n) is 41.8. The monoisotopic (exact) mass is 1140 g/mol. The van der Waals surface area contributed by atoms with Crippen LogP contribution in [-0.2, 0) is 66.5 Å². The van der Waals surface area contributed by atoms with Gasteiger partial charge in [-0.2, -0.15) is 0 Å². The number of amides is 2. The smallest absolute Gasteiger partial charge is 0.364 e. The molecule has 35 heteroatoms. The predicted molar refractivity (Wildman–Crippen MR) is 238 cm³/mol. The molecule has 0 aromatic carbocycles. The maximum atomic E-state index is 13.2. The number of hydrogen-bond acceptors (Lipinski definition) is 32. The van der Waals surface area contributed by atoms with E-state index in [-0.39, 0.29) is 0 Å². The molecule has 6 fully saturated rings. The van der Waals surface area contributed by atoms with Gasteiger partial charge in [0.25, 0.3) is 5.79 Å². The lowest BCUT2D eigenvalue weighted by molar-refractivity contribution is -0.399. The zero-order chi connectivity index (χ0) is 58.0. The Morgan fingerprint density at radius 2 is 1.00 bits per heavy atom. The number of aliphatic hydroxyl groups is 18. The lowest BCUT2D eigenvalue weighted by atomic mass is 9.88. The third kappa shape index (κ3) is 13.5. The highest BCUT2D eigenvalue weighted by Crippen LogP contribution is 2.40. The van der Waals surface area contributed by atoms with Crippen LogP contribution in [0.2, 0.25) is 0 Å². The van der Waals surface area contributed by atoms with Crippen molar-refractivity contribution in [3.63, 3.8) is 0 Å². The fourth-order valence-corrected chi connectivity index (χ4v) is 9.96. The molecule has 0 bridgehead atoms. The summed E-state index contributed by atoms with van der Waals surface area (Å²) < 4.78 is 63.6. The minimum atomic E-state index is -3.25. The van der Waals surface area contributed by atoms with E-state index >= 15 is 0 Å². The van der Waals surface area contributed by atoms with Gasteiger partial charge in [-0.3, -0.25) is 9.59 Å². The average molecular weight is 1150 g/mol. The van der Waals surface area contributed by atoms with E-state index in [0.717, 1.165) is 13.8 Å². The molecule has 2 amide bonds. The van der Waals surface area contributed by atoms with Gasteiger partial charge in [-0.15, -0.1) is 0 Å². The molecule has 6 aliphatic rings. The van der Waals surface area contributed by atoms with Gasteiger partial charge in [-0.05, 0) is 6.92 Å². The van der Waals surface area contributed by atoms with E-state index in [1.54, 1.807) is 0 Å². The van der Waals surface area contributed by atoms with Crippen molar-refractivity contribution in [2.24, 2.45) is 0 Å². The van der Waals surface area contributed by atoms with Crippen LogP contribution in [0.4, 0.5) is 0 Å². The largest absolute Gasteiger partial charge is 0.477 e. The van der Waals surface area contributed by atoms with Crippen LogP contribution >= 0.6 is 0 Å². The second kappa shape index (κ2) is 27.1. The first-order valence-electron chi connectivity index (χ1n) is 24.6. The molecule has 0 aliphatic carbocycles. The Morgan fingerprint density at radius 1 is 0.526 bits per heavy atom. The summed E-state index contributed by atoms with van der Waals surface area (Å²) in [5.41, 5.74) is 0. The molecule has 6 rings (SSSR count). The van der Waals surface area contributed by atoms with Crippen molar-refractivity contribution in [1.29, 1.82) is 0 Å². The Bertz CT molecular complexity index is 1950. The number of rotatable bonds is 20. The minimum absolute atomic E-state index is 0.841. The summed E-state index contributed by atoms with van der Waals surface area (Å²) in [6, 6.07) is -3.64. The molecule has 35 nitrogen and oxygen atoms in total. The first-order chi connectivity index (χ1) is 36.7. The van der Waals surface area contributed by atoms with Crippen LogP contribution in [-0.4, -0.2) is 338 Å². The summed E-state index contributed by atoms with van der Waals surface area (Å²) in [5.74, 6) is -7.15. The number of carboxylic acid groups (broad SMARTS) is 1. The maximum Gasteiger partial charge on any atom is 0.364 e. The van der Waals surface area contributed by atoms with E-state index in [4.69, 9.17) is 52.1 Å². The molecule has 6 saturated heterocycles. The number of carboxylic acids is 1. The lowest BCUT2D eigenvalue weighted by Crippen LogP contribution is -2.72. The quantitative estimate of drug-likeness (QED) is 0.0538. The first-order valence-corrected chi connectivity index (χ1v) is 24.6. The number of hydrogen-bond donors (Lipinski definition) is 21. The van der Waals surface area contributed by atoms with Gasteiger partial charge in [-0.25, -0.2) is 4.79 Å². The van der Waals surface area contributed by atoms with Gasteiger partial charge in [0.05, 0.1) is 51.3 Å². The molecule has 78 heavy (non-hydrogen) atoms. The van der Waals surface area contributed by atoms with Gasteiger partial charge < -0.3 is 160 Å². The molecule has 0 saturated carbocycles. The summed E-state index contributed by atoms with van der Waals surface area (Å²) >= 11 is 0. The average Bonchev–Trinajstić information content (AvgIpc) is 3.40. The molecule has 31 atom stereocenters. The highest BCUT2D eigenvalue weighted by Gasteiger charge is 2.62. The molecule has 0 spiro atoms. The topological polar surface area (TPSA) is 561 Å². The van der Waals surface area contributed by atoms with Crippen molar-refractivity contribution in [2.45, 2.75) is 217 Å². The van der Waals surface area contributed by atoms with Crippen LogP contribution in [0.3, 0.4) is 0 Å². The van der Waals surface area contributed by atoms with E-state index in [0.29, 0.717) is 0 Å². The Balaban J connectivity index is 1.37. The molecule has 0 aromatic rings. The van der Waals surface area contributed by atoms with E-state index in [1.807, 2.05) is 0 Å². The maximum absolute atomic E-state index is 13.2. The molecular weight excluding hydrogens is 1070 g/mol. The van der Waals surface area contributed by atoms with Gasteiger partial charge in [0, 0.05) is 20.3 Å².